The molecule has 3 aromatic rings. The first-order chi connectivity index (χ1) is 14.9. The zero-order valence-electron chi connectivity index (χ0n) is 18.1. The second-order valence-electron chi connectivity index (χ2n) is 7.68. The maximum absolute atomic E-state index is 12.6. The van der Waals surface area contributed by atoms with Gasteiger partial charge in [0.15, 0.2) is 5.82 Å². The van der Waals surface area contributed by atoms with Crippen LogP contribution in [0.2, 0.25) is 5.02 Å². The van der Waals surface area contributed by atoms with E-state index in [9.17, 15) is 4.79 Å². The van der Waals surface area contributed by atoms with Gasteiger partial charge in [-0.05, 0) is 44.9 Å². The molecular weight excluding hydrogens is 432 g/mol. The van der Waals surface area contributed by atoms with Crippen LogP contribution in [0.4, 0.5) is 0 Å². The number of esters is 1. The van der Waals surface area contributed by atoms with E-state index >= 15 is 0 Å². The maximum atomic E-state index is 12.6. The van der Waals surface area contributed by atoms with Crippen molar-refractivity contribution in [2.45, 2.75) is 53.0 Å². The number of aliphatic imine (C=N–C) groups is 1. The quantitative estimate of drug-likeness (QED) is 0.361. The standard InChI is InChI=1S/C23H25ClN4O2S/c1-5-6-11-30-19(29)12-18-22-27-26-15(4)28(22)23-20(13(2)14(3)31-23)21(25-18)16-7-9-17(24)10-8-16/h7-10,18H,5-6,11-12H2,1-4H3/t18-/m0/s1. The third-order valence-electron chi connectivity index (χ3n) is 5.48. The van der Waals surface area contributed by atoms with Gasteiger partial charge in [-0.2, -0.15) is 0 Å². The molecule has 1 aliphatic rings. The van der Waals surface area contributed by atoms with Gasteiger partial charge in [-0.15, -0.1) is 21.5 Å². The van der Waals surface area contributed by atoms with E-state index in [0.717, 1.165) is 40.5 Å². The molecule has 1 atom stereocenters. The minimum absolute atomic E-state index is 0.117. The first kappa shape index (κ1) is 21.7. The predicted molar refractivity (Wildman–Crippen MR) is 124 cm³/mol. The lowest BCUT2D eigenvalue weighted by Crippen LogP contribution is -2.14. The van der Waals surface area contributed by atoms with E-state index < -0.39 is 6.04 Å². The molecule has 0 unspecified atom stereocenters. The van der Waals surface area contributed by atoms with Crippen molar-refractivity contribution in [1.29, 1.82) is 0 Å². The number of hydrogen-bond acceptors (Lipinski definition) is 6. The molecular formula is C23H25ClN4O2S. The number of aromatic nitrogens is 3. The molecule has 0 saturated carbocycles. The molecule has 0 bridgehead atoms. The number of aryl methyl sites for hydroxylation is 2. The fraction of sp³-hybridized carbons (Fsp3) is 0.391. The summed E-state index contributed by atoms with van der Waals surface area (Å²) in [6.07, 6.45) is 1.94. The Labute approximate surface area is 190 Å². The molecule has 8 heteroatoms. The number of halogens is 1. The SMILES string of the molecule is CCCCOC(=O)C[C@@H]1N=C(c2ccc(Cl)cc2)c2c(sc(C)c2C)-n2c(C)nnc21. The highest BCUT2D eigenvalue weighted by molar-refractivity contribution is 7.15. The number of thiophene rings is 1. The van der Waals surface area contributed by atoms with Crippen molar-refractivity contribution >= 4 is 34.6 Å². The predicted octanol–water partition coefficient (Wildman–Crippen LogP) is 5.53. The topological polar surface area (TPSA) is 69.4 Å². The highest BCUT2D eigenvalue weighted by Gasteiger charge is 2.32. The number of rotatable bonds is 6. The van der Waals surface area contributed by atoms with E-state index in [0.29, 0.717) is 17.5 Å². The van der Waals surface area contributed by atoms with Crippen molar-refractivity contribution in [2.24, 2.45) is 4.99 Å². The van der Waals surface area contributed by atoms with E-state index in [1.165, 1.54) is 10.4 Å². The Morgan fingerprint density at radius 1 is 1.19 bits per heavy atom. The minimum atomic E-state index is -0.486. The fourth-order valence-corrected chi connectivity index (χ4v) is 5.02. The summed E-state index contributed by atoms with van der Waals surface area (Å²) in [4.78, 5) is 18.9. The minimum Gasteiger partial charge on any atom is -0.466 e. The van der Waals surface area contributed by atoms with Crippen LogP contribution in [0, 0.1) is 20.8 Å². The summed E-state index contributed by atoms with van der Waals surface area (Å²) in [6, 6.07) is 7.16. The summed E-state index contributed by atoms with van der Waals surface area (Å²) >= 11 is 7.82. The van der Waals surface area contributed by atoms with Gasteiger partial charge in [0.2, 0.25) is 0 Å². The van der Waals surface area contributed by atoms with Crippen LogP contribution < -0.4 is 0 Å². The number of hydrogen-bond donors (Lipinski definition) is 0. The largest absolute Gasteiger partial charge is 0.466 e. The molecule has 1 aromatic carbocycles. The van der Waals surface area contributed by atoms with E-state index in [-0.39, 0.29) is 12.4 Å². The number of fused-ring (bicyclic) bond motifs is 3. The summed E-state index contributed by atoms with van der Waals surface area (Å²) < 4.78 is 7.46. The third kappa shape index (κ3) is 4.16. The second kappa shape index (κ2) is 8.93. The highest BCUT2D eigenvalue weighted by Crippen LogP contribution is 2.39. The smallest absolute Gasteiger partial charge is 0.308 e. The van der Waals surface area contributed by atoms with Gasteiger partial charge in [0.05, 0.1) is 18.7 Å². The van der Waals surface area contributed by atoms with Gasteiger partial charge in [-0.1, -0.05) is 37.1 Å². The molecule has 0 saturated heterocycles. The van der Waals surface area contributed by atoms with Gasteiger partial charge in [0, 0.05) is 21.0 Å². The number of ether oxygens (including phenoxy) is 1. The summed E-state index contributed by atoms with van der Waals surface area (Å²) in [5.41, 5.74) is 4.01. The molecule has 0 fully saturated rings. The summed E-state index contributed by atoms with van der Waals surface area (Å²) in [5, 5.41) is 10.4. The van der Waals surface area contributed by atoms with E-state index in [1.807, 2.05) is 35.8 Å². The number of benzene rings is 1. The summed E-state index contributed by atoms with van der Waals surface area (Å²) in [7, 11) is 0. The van der Waals surface area contributed by atoms with E-state index in [1.54, 1.807) is 11.3 Å². The van der Waals surface area contributed by atoms with Crippen LogP contribution in [0.1, 0.15) is 65.4 Å². The van der Waals surface area contributed by atoms with Crippen LogP contribution in [-0.2, 0) is 9.53 Å². The van der Waals surface area contributed by atoms with Crippen LogP contribution in [0.3, 0.4) is 0 Å². The molecule has 0 amide bonds. The van der Waals surface area contributed by atoms with Gasteiger partial charge in [-0.25, -0.2) is 0 Å². The second-order valence-corrected chi connectivity index (χ2v) is 9.32. The summed E-state index contributed by atoms with van der Waals surface area (Å²) in [6.45, 7) is 8.63. The normalized spacial score (nSPS) is 15.1. The molecule has 4 rings (SSSR count). The lowest BCUT2D eigenvalue weighted by molar-refractivity contribution is -0.144. The zero-order valence-corrected chi connectivity index (χ0v) is 19.7. The van der Waals surface area contributed by atoms with Crippen molar-refractivity contribution in [3.63, 3.8) is 0 Å². The molecule has 162 valence electrons. The fourth-order valence-electron chi connectivity index (χ4n) is 3.68. The zero-order chi connectivity index (χ0) is 22.1. The highest BCUT2D eigenvalue weighted by atomic mass is 35.5. The average Bonchev–Trinajstić information content (AvgIpc) is 3.21. The Kier molecular flexibility index (Phi) is 6.25. The van der Waals surface area contributed by atoms with Gasteiger partial charge in [-0.3, -0.25) is 14.4 Å². The molecule has 3 heterocycles. The van der Waals surface area contributed by atoms with Crippen molar-refractivity contribution < 1.29 is 9.53 Å². The van der Waals surface area contributed by atoms with E-state index in [2.05, 4.69) is 31.0 Å². The van der Waals surface area contributed by atoms with Crippen molar-refractivity contribution in [2.75, 3.05) is 6.61 Å². The Bertz CT molecular complexity index is 1150. The van der Waals surface area contributed by atoms with Gasteiger partial charge >= 0.3 is 5.97 Å². The third-order valence-corrected chi connectivity index (χ3v) is 6.92. The first-order valence-electron chi connectivity index (χ1n) is 10.4. The van der Waals surface area contributed by atoms with Crippen molar-refractivity contribution in [1.82, 2.24) is 14.8 Å². The molecule has 31 heavy (non-hydrogen) atoms. The van der Waals surface area contributed by atoms with Crippen LogP contribution in [0.15, 0.2) is 29.3 Å². The first-order valence-corrected chi connectivity index (χ1v) is 11.6. The molecule has 1 aliphatic heterocycles. The monoisotopic (exact) mass is 456 g/mol. The van der Waals surface area contributed by atoms with Crippen LogP contribution in [-0.4, -0.2) is 33.1 Å². The maximum Gasteiger partial charge on any atom is 0.308 e. The summed E-state index contributed by atoms with van der Waals surface area (Å²) in [5.74, 6) is 1.16. The molecule has 0 aliphatic carbocycles. The number of carbonyl (C=O) groups is 1. The molecule has 0 N–H and O–H groups in total. The molecule has 6 nitrogen and oxygen atoms in total. The van der Waals surface area contributed by atoms with Crippen molar-refractivity contribution in [3.8, 4) is 5.00 Å². The number of carbonyl (C=O) groups excluding carboxylic acids is 1. The molecule has 0 radical (unpaired) electrons. The number of unbranched alkanes of at least 4 members (excludes halogenated alkanes) is 1. The van der Waals surface area contributed by atoms with Crippen molar-refractivity contribution in [3.05, 3.63) is 62.5 Å². The van der Waals surface area contributed by atoms with Crippen LogP contribution in [0.5, 0.6) is 0 Å². The lowest BCUT2D eigenvalue weighted by atomic mass is 9.99. The molecule has 0 spiro atoms. The van der Waals surface area contributed by atoms with Gasteiger partial charge < -0.3 is 4.74 Å². The Hall–Kier alpha value is -2.51. The lowest BCUT2D eigenvalue weighted by Gasteiger charge is -2.12. The molecule has 2 aromatic heterocycles. The Balaban J connectivity index is 1.85. The van der Waals surface area contributed by atoms with Crippen LogP contribution >= 0.6 is 22.9 Å². The Morgan fingerprint density at radius 3 is 2.65 bits per heavy atom. The van der Waals surface area contributed by atoms with E-state index in [4.69, 9.17) is 21.3 Å². The van der Waals surface area contributed by atoms with Gasteiger partial charge in [0.25, 0.3) is 0 Å². The Morgan fingerprint density at radius 2 is 1.94 bits per heavy atom. The van der Waals surface area contributed by atoms with Crippen LogP contribution in [0.25, 0.3) is 5.00 Å². The number of nitrogens with zero attached hydrogens (tertiary/aromatic N) is 4. The average molecular weight is 457 g/mol. The van der Waals surface area contributed by atoms with Gasteiger partial charge in [0.1, 0.15) is 16.9 Å².